The first-order valence-corrected chi connectivity index (χ1v) is 13.4. The predicted molar refractivity (Wildman–Crippen MR) is 138 cm³/mol. The molecule has 5 unspecified atom stereocenters. The highest BCUT2D eigenvalue weighted by molar-refractivity contribution is 5.27. The maximum absolute atomic E-state index is 9.74. The van der Waals surface area contributed by atoms with Gasteiger partial charge in [-0.05, 0) is 91.0 Å². The van der Waals surface area contributed by atoms with Gasteiger partial charge in [-0.3, -0.25) is 4.90 Å². The van der Waals surface area contributed by atoms with Crippen molar-refractivity contribution in [3.05, 3.63) is 34.9 Å². The summed E-state index contributed by atoms with van der Waals surface area (Å²) >= 11 is 0. The molecule has 3 rings (SSSR count). The molecule has 3 nitrogen and oxygen atoms in total. The maximum Gasteiger partial charge on any atom is 0.0577 e. The number of nitrogens with zero attached hydrogens (tertiary/aromatic N) is 1. The van der Waals surface area contributed by atoms with E-state index in [1.807, 2.05) is 0 Å². The number of nitrogens with one attached hydrogen (secondary N) is 1. The quantitative estimate of drug-likeness (QED) is 0.427. The van der Waals surface area contributed by atoms with Crippen LogP contribution in [-0.2, 0) is 0 Å². The van der Waals surface area contributed by atoms with E-state index in [9.17, 15) is 5.11 Å². The van der Waals surface area contributed by atoms with Crippen molar-refractivity contribution in [3.63, 3.8) is 0 Å². The van der Waals surface area contributed by atoms with Crippen LogP contribution in [0.3, 0.4) is 0 Å². The van der Waals surface area contributed by atoms with Gasteiger partial charge in [0.1, 0.15) is 0 Å². The average Bonchev–Trinajstić information content (AvgIpc) is 2.73. The lowest BCUT2D eigenvalue weighted by molar-refractivity contribution is 0.0653. The standard InChI is InChI=1S/C29H50N2O/c1-20(2)25-17-22(4)31(23(5)18-25)29(6,7)26-15-16-30-27(19-26)10-8-9-21(3)24-11-13-28(32)14-12-24/h11,17,19-23,27-28,30,32H,8-10,12-16,18H2,1-7H3. The van der Waals surface area contributed by atoms with Gasteiger partial charge in [0, 0.05) is 23.7 Å². The first kappa shape index (κ1) is 25.7. The molecule has 0 aromatic carbocycles. The Morgan fingerprint density at radius 1 is 1.12 bits per heavy atom. The summed E-state index contributed by atoms with van der Waals surface area (Å²) in [6.45, 7) is 17.9. The van der Waals surface area contributed by atoms with Crippen molar-refractivity contribution in [1.82, 2.24) is 10.2 Å². The van der Waals surface area contributed by atoms with Crippen molar-refractivity contribution in [2.75, 3.05) is 6.54 Å². The molecular formula is C29H50N2O. The van der Waals surface area contributed by atoms with Gasteiger partial charge in [0.2, 0.25) is 0 Å². The summed E-state index contributed by atoms with van der Waals surface area (Å²) in [6.07, 6.45) is 16.3. The number of rotatable bonds is 8. The van der Waals surface area contributed by atoms with Crippen molar-refractivity contribution in [3.8, 4) is 0 Å². The molecule has 0 fully saturated rings. The number of hydrogen-bond donors (Lipinski definition) is 2. The molecule has 0 saturated carbocycles. The lowest BCUT2D eigenvalue weighted by Gasteiger charge is -2.51. The molecule has 0 spiro atoms. The SMILES string of the molecule is CC(C)C1=CC(C)N(C(C)(C)C2=CC(CCCC(C)C3=CCC(O)CC3)NCC2)C(C)C1. The molecular weight excluding hydrogens is 392 g/mol. The van der Waals surface area contributed by atoms with Crippen LogP contribution in [-0.4, -0.2) is 46.3 Å². The van der Waals surface area contributed by atoms with Crippen LogP contribution in [0.25, 0.3) is 0 Å². The van der Waals surface area contributed by atoms with Crippen molar-refractivity contribution in [2.45, 2.75) is 130 Å². The maximum atomic E-state index is 9.74. The lowest BCUT2D eigenvalue weighted by Crippen LogP contribution is -2.56. The Hall–Kier alpha value is -0.900. The van der Waals surface area contributed by atoms with Crippen molar-refractivity contribution in [1.29, 1.82) is 0 Å². The fraction of sp³-hybridized carbons (Fsp3) is 0.793. The van der Waals surface area contributed by atoms with E-state index in [0.29, 0.717) is 30.0 Å². The molecule has 2 N–H and O–H groups in total. The predicted octanol–water partition coefficient (Wildman–Crippen LogP) is 6.40. The summed E-state index contributed by atoms with van der Waals surface area (Å²) in [5, 5.41) is 13.5. The van der Waals surface area contributed by atoms with Crippen molar-refractivity contribution < 1.29 is 5.11 Å². The molecule has 3 aliphatic rings. The summed E-state index contributed by atoms with van der Waals surface area (Å²) in [6, 6.07) is 1.58. The summed E-state index contributed by atoms with van der Waals surface area (Å²) in [5.41, 5.74) is 4.93. The lowest BCUT2D eigenvalue weighted by atomic mass is 9.80. The Kier molecular flexibility index (Phi) is 8.85. The second-order valence-corrected chi connectivity index (χ2v) is 11.7. The van der Waals surface area contributed by atoms with Gasteiger partial charge in [-0.2, -0.15) is 0 Å². The number of hydrogen-bond acceptors (Lipinski definition) is 3. The number of allylic oxidation sites excluding steroid dienone is 1. The van der Waals surface area contributed by atoms with Gasteiger partial charge in [-0.25, -0.2) is 0 Å². The van der Waals surface area contributed by atoms with Crippen LogP contribution >= 0.6 is 0 Å². The van der Waals surface area contributed by atoms with Gasteiger partial charge in [0.25, 0.3) is 0 Å². The monoisotopic (exact) mass is 442 g/mol. The summed E-state index contributed by atoms with van der Waals surface area (Å²) in [5.74, 6) is 1.31. The van der Waals surface area contributed by atoms with E-state index in [4.69, 9.17) is 0 Å². The highest BCUT2D eigenvalue weighted by Crippen LogP contribution is 2.38. The van der Waals surface area contributed by atoms with Crippen LogP contribution < -0.4 is 5.32 Å². The zero-order valence-electron chi connectivity index (χ0n) is 22.0. The molecule has 182 valence electrons. The Balaban J connectivity index is 1.60. The normalized spacial score (nSPS) is 31.2. The molecule has 2 aliphatic heterocycles. The molecule has 0 radical (unpaired) electrons. The Labute approximate surface area is 198 Å². The van der Waals surface area contributed by atoms with E-state index in [1.54, 1.807) is 16.7 Å². The minimum atomic E-state index is -0.109. The Morgan fingerprint density at radius 3 is 2.50 bits per heavy atom. The van der Waals surface area contributed by atoms with E-state index in [1.165, 1.54) is 25.7 Å². The van der Waals surface area contributed by atoms with E-state index < -0.39 is 0 Å². The van der Waals surface area contributed by atoms with Gasteiger partial charge in [0.15, 0.2) is 0 Å². The summed E-state index contributed by atoms with van der Waals surface area (Å²) in [4.78, 5) is 2.76. The van der Waals surface area contributed by atoms with Crippen LogP contribution in [0.4, 0.5) is 0 Å². The van der Waals surface area contributed by atoms with Crippen LogP contribution in [0.15, 0.2) is 34.9 Å². The van der Waals surface area contributed by atoms with Gasteiger partial charge in [-0.1, -0.05) is 62.1 Å². The van der Waals surface area contributed by atoms with Crippen LogP contribution in [0.2, 0.25) is 0 Å². The molecule has 1 aliphatic carbocycles. The molecule has 0 amide bonds. The summed E-state index contributed by atoms with van der Waals surface area (Å²) < 4.78 is 0. The highest BCUT2D eigenvalue weighted by Gasteiger charge is 2.39. The first-order valence-electron chi connectivity index (χ1n) is 13.4. The third kappa shape index (κ3) is 6.15. The van der Waals surface area contributed by atoms with Crippen LogP contribution in [0, 0.1) is 11.8 Å². The van der Waals surface area contributed by atoms with Gasteiger partial charge in [-0.15, -0.1) is 0 Å². The Morgan fingerprint density at radius 2 is 1.88 bits per heavy atom. The molecule has 3 heteroatoms. The second-order valence-electron chi connectivity index (χ2n) is 11.7. The van der Waals surface area contributed by atoms with E-state index in [-0.39, 0.29) is 11.6 Å². The van der Waals surface area contributed by atoms with Gasteiger partial charge < -0.3 is 10.4 Å². The summed E-state index contributed by atoms with van der Waals surface area (Å²) in [7, 11) is 0. The smallest absolute Gasteiger partial charge is 0.0577 e. The highest BCUT2D eigenvalue weighted by atomic mass is 16.3. The zero-order valence-corrected chi connectivity index (χ0v) is 22.0. The van der Waals surface area contributed by atoms with Crippen LogP contribution in [0.5, 0.6) is 0 Å². The third-order valence-corrected chi connectivity index (χ3v) is 8.48. The van der Waals surface area contributed by atoms with Crippen molar-refractivity contribution >= 4 is 0 Å². The molecule has 0 aromatic rings. The minimum absolute atomic E-state index is 0.0965. The number of aliphatic hydroxyl groups is 1. The molecule has 5 atom stereocenters. The van der Waals surface area contributed by atoms with Crippen molar-refractivity contribution in [2.24, 2.45) is 11.8 Å². The Bertz CT molecular complexity index is 717. The van der Waals surface area contributed by atoms with E-state index in [0.717, 1.165) is 32.2 Å². The molecule has 0 aromatic heterocycles. The largest absolute Gasteiger partial charge is 0.393 e. The van der Waals surface area contributed by atoms with E-state index >= 15 is 0 Å². The fourth-order valence-electron chi connectivity index (χ4n) is 6.54. The molecule has 32 heavy (non-hydrogen) atoms. The van der Waals surface area contributed by atoms with Gasteiger partial charge in [0.05, 0.1) is 6.10 Å². The third-order valence-electron chi connectivity index (χ3n) is 8.48. The van der Waals surface area contributed by atoms with Gasteiger partial charge >= 0.3 is 0 Å². The number of aliphatic hydroxyl groups excluding tert-OH is 1. The molecule has 0 saturated heterocycles. The van der Waals surface area contributed by atoms with Crippen LogP contribution in [0.1, 0.15) is 99.8 Å². The zero-order chi connectivity index (χ0) is 23.5. The molecule has 2 heterocycles. The minimum Gasteiger partial charge on any atom is -0.393 e. The average molecular weight is 443 g/mol. The molecule has 0 bridgehead atoms. The fourth-order valence-corrected chi connectivity index (χ4v) is 6.54. The van der Waals surface area contributed by atoms with E-state index in [2.05, 4.69) is 76.9 Å². The first-order chi connectivity index (χ1) is 15.1. The second kappa shape index (κ2) is 11.0. The topological polar surface area (TPSA) is 35.5 Å².